The highest BCUT2D eigenvalue weighted by Gasteiger charge is 2.06. The van der Waals surface area contributed by atoms with Crippen LogP contribution in [0.5, 0.6) is 0 Å². The average Bonchev–Trinajstić information content (AvgIpc) is 2.94. The lowest BCUT2D eigenvalue weighted by molar-refractivity contribution is 0.489. The third-order valence-electron chi connectivity index (χ3n) is 2.98. The quantitative estimate of drug-likeness (QED) is 0.686. The van der Waals surface area contributed by atoms with Gasteiger partial charge in [-0.25, -0.2) is 9.97 Å². The molecule has 3 rings (SSSR count). The molecule has 4 nitrogen and oxygen atoms in total. The van der Waals surface area contributed by atoms with Crippen LogP contribution in [0, 0.1) is 0 Å². The Labute approximate surface area is 128 Å². The highest BCUT2D eigenvalue weighted by Crippen LogP contribution is 2.25. The molecule has 3 aromatic rings. The minimum Gasteiger partial charge on any atom is -0.431 e. The van der Waals surface area contributed by atoms with E-state index >= 15 is 0 Å². The number of fused-ring (bicyclic) bond motifs is 1. The van der Waals surface area contributed by atoms with E-state index in [4.69, 9.17) is 4.42 Å². The zero-order valence-corrected chi connectivity index (χ0v) is 12.7. The Balaban J connectivity index is 1.66. The minimum absolute atomic E-state index is 0.685. The molecule has 0 radical (unpaired) electrons. The molecule has 2 aromatic heterocycles. The van der Waals surface area contributed by atoms with Gasteiger partial charge in [-0.1, -0.05) is 36.9 Å². The molecule has 0 bridgehead atoms. The zero-order valence-electron chi connectivity index (χ0n) is 11.9. The molecule has 1 N–H and O–H groups in total. The molecule has 0 aliphatic heterocycles. The van der Waals surface area contributed by atoms with Crippen molar-refractivity contribution in [1.82, 2.24) is 9.97 Å². The summed E-state index contributed by atoms with van der Waals surface area (Å²) in [4.78, 5) is 9.03. The predicted molar refractivity (Wildman–Crippen MR) is 86.6 cm³/mol. The molecule has 1 aromatic carbocycles. The van der Waals surface area contributed by atoms with Gasteiger partial charge in [-0.05, 0) is 30.7 Å². The first kappa shape index (κ1) is 13.9. The van der Waals surface area contributed by atoms with Gasteiger partial charge in [0.25, 0.3) is 5.22 Å². The molecule has 0 saturated carbocycles. The number of aromatic nitrogens is 2. The van der Waals surface area contributed by atoms with Crippen LogP contribution in [-0.2, 0) is 5.75 Å². The minimum atomic E-state index is 0.685. The monoisotopic (exact) mass is 299 g/mol. The molecule has 0 aliphatic rings. The number of anilines is 1. The maximum absolute atomic E-state index is 5.69. The van der Waals surface area contributed by atoms with Gasteiger partial charge in [0.15, 0.2) is 5.58 Å². The van der Waals surface area contributed by atoms with E-state index in [1.165, 1.54) is 0 Å². The van der Waals surface area contributed by atoms with E-state index in [9.17, 15) is 0 Å². The summed E-state index contributed by atoms with van der Waals surface area (Å²) in [6.07, 6.45) is 1.09. The molecule has 21 heavy (non-hydrogen) atoms. The standard InChI is InChI=1S/C16H17N3OS/c1-2-10-17-15-9-5-6-12(18-15)11-21-16-19-13-7-3-4-8-14(13)20-16/h3-9H,2,10-11H2,1H3,(H,17,18). The smallest absolute Gasteiger partial charge is 0.257 e. The summed E-state index contributed by atoms with van der Waals surface area (Å²) in [6, 6.07) is 13.8. The summed E-state index contributed by atoms with van der Waals surface area (Å²) in [5, 5.41) is 3.98. The number of hydrogen-bond acceptors (Lipinski definition) is 5. The van der Waals surface area contributed by atoms with Crippen LogP contribution in [0.2, 0.25) is 0 Å². The third kappa shape index (κ3) is 3.55. The van der Waals surface area contributed by atoms with E-state index in [1.807, 2.05) is 42.5 Å². The van der Waals surface area contributed by atoms with E-state index in [-0.39, 0.29) is 0 Å². The molecule has 0 unspecified atom stereocenters. The highest BCUT2D eigenvalue weighted by molar-refractivity contribution is 7.98. The van der Waals surface area contributed by atoms with Crippen LogP contribution in [0.15, 0.2) is 52.1 Å². The number of pyridine rings is 1. The fraction of sp³-hybridized carbons (Fsp3) is 0.250. The Morgan fingerprint density at radius 1 is 1.10 bits per heavy atom. The Bertz CT molecular complexity index is 693. The highest BCUT2D eigenvalue weighted by atomic mass is 32.2. The number of thioether (sulfide) groups is 1. The first-order valence-electron chi connectivity index (χ1n) is 7.03. The Kier molecular flexibility index (Phi) is 4.40. The normalized spacial score (nSPS) is 10.9. The van der Waals surface area contributed by atoms with Crippen LogP contribution < -0.4 is 5.32 Å². The maximum atomic E-state index is 5.69. The summed E-state index contributed by atoms with van der Waals surface area (Å²) >= 11 is 1.56. The summed E-state index contributed by atoms with van der Waals surface area (Å²) in [5.74, 6) is 1.67. The summed E-state index contributed by atoms with van der Waals surface area (Å²) in [7, 11) is 0. The van der Waals surface area contributed by atoms with Crippen molar-refractivity contribution in [1.29, 1.82) is 0 Å². The van der Waals surface area contributed by atoms with Crippen molar-refractivity contribution in [2.24, 2.45) is 0 Å². The van der Waals surface area contributed by atoms with Crippen molar-refractivity contribution in [3.05, 3.63) is 48.2 Å². The summed E-state index contributed by atoms with van der Waals surface area (Å²) in [5.41, 5.74) is 2.74. The third-order valence-corrected chi connectivity index (χ3v) is 3.84. The largest absolute Gasteiger partial charge is 0.431 e. The molecular weight excluding hydrogens is 282 g/mol. The molecule has 2 heterocycles. The lowest BCUT2D eigenvalue weighted by Crippen LogP contribution is -2.02. The molecule has 0 atom stereocenters. The van der Waals surface area contributed by atoms with Crippen molar-refractivity contribution in [3.8, 4) is 0 Å². The number of benzene rings is 1. The van der Waals surface area contributed by atoms with Crippen molar-refractivity contribution in [2.75, 3.05) is 11.9 Å². The van der Waals surface area contributed by atoms with Crippen LogP contribution in [0.3, 0.4) is 0 Å². The molecule has 0 spiro atoms. The molecular formula is C16H17N3OS. The van der Waals surface area contributed by atoms with Gasteiger partial charge in [-0.3, -0.25) is 0 Å². The molecule has 0 aliphatic carbocycles. The number of oxazole rings is 1. The first-order chi connectivity index (χ1) is 10.3. The fourth-order valence-corrected chi connectivity index (χ4v) is 2.70. The van der Waals surface area contributed by atoms with E-state index < -0.39 is 0 Å². The second-order valence-corrected chi connectivity index (χ2v) is 5.60. The summed E-state index contributed by atoms with van der Waals surface area (Å²) in [6.45, 7) is 3.08. The molecule has 0 fully saturated rings. The number of nitrogens with one attached hydrogen (secondary N) is 1. The van der Waals surface area contributed by atoms with Crippen LogP contribution in [0.1, 0.15) is 19.0 Å². The van der Waals surface area contributed by atoms with Crippen LogP contribution >= 0.6 is 11.8 Å². The van der Waals surface area contributed by atoms with Crippen molar-refractivity contribution in [2.45, 2.75) is 24.3 Å². The van der Waals surface area contributed by atoms with Gasteiger partial charge >= 0.3 is 0 Å². The van der Waals surface area contributed by atoms with Gasteiger partial charge in [-0.2, -0.15) is 0 Å². The maximum Gasteiger partial charge on any atom is 0.257 e. The van der Waals surface area contributed by atoms with E-state index in [0.717, 1.165) is 41.3 Å². The van der Waals surface area contributed by atoms with E-state index in [2.05, 4.69) is 22.2 Å². The van der Waals surface area contributed by atoms with E-state index in [0.29, 0.717) is 5.22 Å². The lowest BCUT2D eigenvalue weighted by Gasteiger charge is -2.05. The second-order valence-electron chi connectivity index (χ2n) is 4.68. The Hall–Kier alpha value is -2.01. The van der Waals surface area contributed by atoms with Gasteiger partial charge in [0.05, 0.1) is 5.69 Å². The van der Waals surface area contributed by atoms with Gasteiger partial charge in [0.2, 0.25) is 0 Å². The van der Waals surface area contributed by atoms with Gasteiger partial charge in [-0.15, -0.1) is 0 Å². The van der Waals surface area contributed by atoms with Crippen LogP contribution in [0.4, 0.5) is 5.82 Å². The van der Waals surface area contributed by atoms with E-state index in [1.54, 1.807) is 11.8 Å². The average molecular weight is 299 g/mol. The lowest BCUT2D eigenvalue weighted by atomic mass is 10.3. The Morgan fingerprint density at radius 2 is 2.00 bits per heavy atom. The second kappa shape index (κ2) is 6.63. The topological polar surface area (TPSA) is 51.0 Å². The van der Waals surface area contributed by atoms with Crippen molar-refractivity contribution < 1.29 is 4.42 Å². The first-order valence-corrected chi connectivity index (χ1v) is 8.02. The van der Waals surface area contributed by atoms with Crippen LogP contribution in [0.25, 0.3) is 11.1 Å². The SMILES string of the molecule is CCCNc1cccc(CSc2nc3ccccc3o2)n1. The number of para-hydroxylation sites is 2. The number of nitrogens with zero attached hydrogens (tertiary/aromatic N) is 2. The Morgan fingerprint density at radius 3 is 2.86 bits per heavy atom. The molecule has 108 valence electrons. The number of rotatable bonds is 6. The predicted octanol–water partition coefficient (Wildman–Crippen LogP) is 4.34. The van der Waals surface area contributed by atoms with Gasteiger partial charge < -0.3 is 9.73 Å². The molecule has 5 heteroatoms. The molecule has 0 amide bonds. The summed E-state index contributed by atoms with van der Waals surface area (Å²) < 4.78 is 5.69. The van der Waals surface area contributed by atoms with Crippen LogP contribution in [-0.4, -0.2) is 16.5 Å². The fourth-order valence-electron chi connectivity index (χ4n) is 1.96. The van der Waals surface area contributed by atoms with Crippen molar-refractivity contribution in [3.63, 3.8) is 0 Å². The van der Waals surface area contributed by atoms with Gasteiger partial charge in [0, 0.05) is 12.3 Å². The zero-order chi connectivity index (χ0) is 14.5. The van der Waals surface area contributed by atoms with Gasteiger partial charge in [0.1, 0.15) is 11.3 Å². The molecule has 0 saturated heterocycles. The number of hydrogen-bond donors (Lipinski definition) is 1. The van der Waals surface area contributed by atoms with Crippen molar-refractivity contribution >= 4 is 28.7 Å².